The second-order valence-electron chi connectivity index (χ2n) is 5.25. The summed E-state index contributed by atoms with van der Waals surface area (Å²) in [6, 6.07) is 0.186. The summed E-state index contributed by atoms with van der Waals surface area (Å²) in [5, 5.41) is 0.229. The van der Waals surface area contributed by atoms with Gasteiger partial charge in [-0.15, -0.1) is 0 Å². The van der Waals surface area contributed by atoms with Gasteiger partial charge in [-0.2, -0.15) is 4.31 Å². The van der Waals surface area contributed by atoms with Crippen LogP contribution in [0.15, 0.2) is 11.2 Å². The second-order valence-corrected chi connectivity index (χ2v) is 7.11. The van der Waals surface area contributed by atoms with Crippen molar-refractivity contribution in [2.45, 2.75) is 51.1 Å². The van der Waals surface area contributed by atoms with E-state index in [1.165, 1.54) is 6.20 Å². The third-order valence-corrected chi connectivity index (χ3v) is 4.85. The SMILES string of the molecule is CCc1ncc(S(=O)(=O)N(CC(C)C)C2CC2)[nH]1. The zero-order valence-corrected chi connectivity index (χ0v) is 12.0. The Labute approximate surface area is 109 Å². The lowest BCUT2D eigenvalue weighted by Gasteiger charge is -2.22. The molecule has 0 amide bonds. The average Bonchev–Trinajstić information content (AvgIpc) is 3.01. The summed E-state index contributed by atoms with van der Waals surface area (Å²) >= 11 is 0. The molecule has 1 aliphatic rings. The zero-order valence-electron chi connectivity index (χ0n) is 11.2. The van der Waals surface area contributed by atoms with Crippen LogP contribution in [-0.4, -0.2) is 35.3 Å². The summed E-state index contributed by atoms with van der Waals surface area (Å²) in [6.07, 6.45) is 4.09. The lowest BCUT2D eigenvalue weighted by Crippen LogP contribution is -2.36. The first-order valence-electron chi connectivity index (χ1n) is 6.51. The monoisotopic (exact) mass is 271 g/mol. The van der Waals surface area contributed by atoms with E-state index < -0.39 is 10.0 Å². The van der Waals surface area contributed by atoms with Crippen LogP contribution in [0.1, 0.15) is 39.4 Å². The van der Waals surface area contributed by atoms with Gasteiger partial charge in [0.2, 0.25) is 0 Å². The average molecular weight is 271 g/mol. The van der Waals surface area contributed by atoms with Gasteiger partial charge in [0.05, 0.1) is 6.20 Å². The fourth-order valence-electron chi connectivity index (χ4n) is 1.95. The molecule has 1 heterocycles. The van der Waals surface area contributed by atoms with Crippen LogP contribution < -0.4 is 0 Å². The molecular weight excluding hydrogens is 250 g/mol. The molecule has 102 valence electrons. The Morgan fingerprint density at radius 2 is 2.17 bits per heavy atom. The molecule has 0 bridgehead atoms. The molecule has 0 aromatic carbocycles. The molecule has 0 radical (unpaired) electrons. The van der Waals surface area contributed by atoms with Crippen molar-refractivity contribution in [3.63, 3.8) is 0 Å². The standard InChI is InChI=1S/C12H21N3O2S/c1-4-11-13-7-12(14-11)18(16,17)15(8-9(2)3)10-5-6-10/h7,9-10H,4-6,8H2,1-3H3,(H,13,14). The van der Waals surface area contributed by atoms with E-state index in [9.17, 15) is 8.42 Å². The van der Waals surface area contributed by atoms with E-state index >= 15 is 0 Å². The summed E-state index contributed by atoms with van der Waals surface area (Å²) in [5.41, 5.74) is 0. The van der Waals surface area contributed by atoms with Crippen molar-refractivity contribution in [3.8, 4) is 0 Å². The quantitative estimate of drug-likeness (QED) is 0.857. The van der Waals surface area contributed by atoms with E-state index in [-0.39, 0.29) is 11.1 Å². The molecule has 1 aromatic rings. The van der Waals surface area contributed by atoms with E-state index in [0.29, 0.717) is 24.7 Å². The fourth-order valence-corrected chi connectivity index (χ4v) is 3.73. The molecule has 18 heavy (non-hydrogen) atoms. The van der Waals surface area contributed by atoms with Gasteiger partial charge in [-0.1, -0.05) is 20.8 Å². The Kier molecular flexibility index (Phi) is 3.77. The molecule has 0 atom stereocenters. The Bertz CT molecular complexity index is 503. The number of aryl methyl sites for hydroxylation is 1. The number of H-pyrrole nitrogens is 1. The van der Waals surface area contributed by atoms with Crippen LogP contribution in [0.3, 0.4) is 0 Å². The first kappa shape index (κ1) is 13.5. The van der Waals surface area contributed by atoms with Gasteiger partial charge in [0.15, 0.2) is 5.03 Å². The minimum absolute atomic E-state index is 0.186. The van der Waals surface area contributed by atoms with Crippen molar-refractivity contribution in [1.82, 2.24) is 14.3 Å². The number of aromatic nitrogens is 2. The van der Waals surface area contributed by atoms with Gasteiger partial charge >= 0.3 is 0 Å². The molecule has 1 fully saturated rings. The van der Waals surface area contributed by atoms with Gasteiger partial charge < -0.3 is 4.98 Å². The van der Waals surface area contributed by atoms with Gasteiger partial charge in [-0.25, -0.2) is 13.4 Å². The van der Waals surface area contributed by atoms with Crippen molar-refractivity contribution in [2.24, 2.45) is 5.92 Å². The molecule has 1 saturated carbocycles. The van der Waals surface area contributed by atoms with Crippen LogP contribution in [-0.2, 0) is 16.4 Å². The lowest BCUT2D eigenvalue weighted by molar-refractivity contribution is 0.359. The number of sulfonamides is 1. The third-order valence-electron chi connectivity index (χ3n) is 3.03. The maximum Gasteiger partial charge on any atom is 0.260 e. The Balaban J connectivity index is 2.26. The number of hydrogen-bond acceptors (Lipinski definition) is 3. The smallest absolute Gasteiger partial charge is 0.260 e. The maximum absolute atomic E-state index is 12.5. The predicted octanol–water partition coefficient (Wildman–Crippen LogP) is 1.78. The van der Waals surface area contributed by atoms with Gasteiger partial charge in [0.25, 0.3) is 10.0 Å². The highest BCUT2D eigenvalue weighted by Gasteiger charge is 2.39. The summed E-state index contributed by atoms with van der Waals surface area (Å²) in [4.78, 5) is 6.98. The Morgan fingerprint density at radius 3 is 2.61 bits per heavy atom. The third kappa shape index (κ3) is 2.75. The molecule has 5 nitrogen and oxygen atoms in total. The molecule has 0 spiro atoms. The predicted molar refractivity (Wildman–Crippen MR) is 69.7 cm³/mol. The zero-order chi connectivity index (χ0) is 13.3. The Morgan fingerprint density at radius 1 is 1.50 bits per heavy atom. The molecule has 0 aliphatic heterocycles. The number of aromatic amines is 1. The molecule has 0 unspecified atom stereocenters. The summed E-state index contributed by atoms with van der Waals surface area (Å²) < 4.78 is 26.7. The molecule has 1 aromatic heterocycles. The maximum atomic E-state index is 12.5. The van der Waals surface area contributed by atoms with Crippen LogP contribution in [0.5, 0.6) is 0 Å². The minimum atomic E-state index is -3.41. The number of hydrogen-bond donors (Lipinski definition) is 1. The van der Waals surface area contributed by atoms with E-state index in [1.807, 2.05) is 20.8 Å². The van der Waals surface area contributed by atoms with Gasteiger partial charge in [0, 0.05) is 19.0 Å². The number of nitrogens with zero attached hydrogens (tertiary/aromatic N) is 2. The van der Waals surface area contributed by atoms with Crippen LogP contribution in [0.25, 0.3) is 0 Å². The number of nitrogens with one attached hydrogen (secondary N) is 1. The van der Waals surface area contributed by atoms with Crippen LogP contribution in [0.2, 0.25) is 0 Å². The first-order chi connectivity index (χ1) is 8.45. The van der Waals surface area contributed by atoms with E-state index in [1.54, 1.807) is 4.31 Å². The van der Waals surface area contributed by atoms with Crippen molar-refractivity contribution < 1.29 is 8.42 Å². The van der Waals surface area contributed by atoms with Crippen molar-refractivity contribution in [1.29, 1.82) is 0 Å². The largest absolute Gasteiger partial charge is 0.332 e. The first-order valence-corrected chi connectivity index (χ1v) is 7.95. The second kappa shape index (κ2) is 5.01. The number of imidazole rings is 1. The lowest BCUT2D eigenvalue weighted by atomic mass is 10.2. The fraction of sp³-hybridized carbons (Fsp3) is 0.750. The van der Waals surface area contributed by atoms with E-state index in [2.05, 4.69) is 9.97 Å². The molecule has 1 aliphatic carbocycles. The Hall–Kier alpha value is -0.880. The molecule has 1 N–H and O–H groups in total. The van der Waals surface area contributed by atoms with Crippen molar-refractivity contribution >= 4 is 10.0 Å². The summed E-state index contributed by atoms with van der Waals surface area (Å²) in [7, 11) is -3.41. The van der Waals surface area contributed by atoms with E-state index in [0.717, 1.165) is 12.8 Å². The van der Waals surface area contributed by atoms with Gasteiger partial charge in [-0.3, -0.25) is 0 Å². The van der Waals surface area contributed by atoms with Crippen LogP contribution >= 0.6 is 0 Å². The summed E-state index contributed by atoms with van der Waals surface area (Å²) in [6.45, 7) is 6.60. The minimum Gasteiger partial charge on any atom is -0.332 e. The summed E-state index contributed by atoms with van der Waals surface area (Å²) in [5.74, 6) is 1.04. The normalized spacial score (nSPS) is 16.7. The molecule has 6 heteroatoms. The molecule has 0 saturated heterocycles. The van der Waals surface area contributed by atoms with Gasteiger partial charge in [0.1, 0.15) is 5.82 Å². The highest BCUT2D eigenvalue weighted by atomic mass is 32.2. The highest BCUT2D eigenvalue weighted by Crippen LogP contribution is 2.32. The number of rotatable bonds is 6. The topological polar surface area (TPSA) is 66.1 Å². The molecular formula is C12H21N3O2S. The van der Waals surface area contributed by atoms with Crippen LogP contribution in [0, 0.1) is 5.92 Å². The van der Waals surface area contributed by atoms with Crippen LogP contribution in [0.4, 0.5) is 0 Å². The highest BCUT2D eigenvalue weighted by molar-refractivity contribution is 7.89. The van der Waals surface area contributed by atoms with E-state index in [4.69, 9.17) is 0 Å². The van der Waals surface area contributed by atoms with Gasteiger partial charge in [-0.05, 0) is 18.8 Å². The van der Waals surface area contributed by atoms with Crippen molar-refractivity contribution in [3.05, 3.63) is 12.0 Å². The molecule has 2 rings (SSSR count). The van der Waals surface area contributed by atoms with Crippen molar-refractivity contribution in [2.75, 3.05) is 6.54 Å².